The number of methoxy groups -OCH3 is 1. The summed E-state index contributed by atoms with van der Waals surface area (Å²) in [6, 6.07) is 7.91. The quantitative estimate of drug-likeness (QED) is 0.824. The molecule has 19 heavy (non-hydrogen) atoms. The summed E-state index contributed by atoms with van der Waals surface area (Å²) in [5, 5.41) is 6.15. The third-order valence-corrected chi connectivity index (χ3v) is 3.14. The predicted octanol–water partition coefficient (Wildman–Crippen LogP) is 1.91. The average Bonchev–Trinajstić information content (AvgIpc) is 2.84. The van der Waals surface area contributed by atoms with Crippen LogP contribution in [0.25, 0.3) is 0 Å². The first-order valence-corrected chi connectivity index (χ1v) is 6.59. The molecule has 5 heteroatoms. The van der Waals surface area contributed by atoms with Gasteiger partial charge in [0.15, 0.2) is 0 Å². The number of urea groups is 1. The lowest BCUT2D eigenvalue weighted by molar-refractivity contribution is 0.164. The van der Waals surface area contributed by atoms with Crippen LogP contribution in [0.4, 0.5) is 16.2 Å². The van der Waals surface area contributed by atoms with Gasteiger partial charge in [-0.3, -0.25) is 4.90 Å². The smallest absolute Gasteiger partial charge is 0.321 e. The van der Waals surface area contributed by atoms with E-state index >= 15 is 0 Å². The molecule has 1 aliphatic rings. The molecule has 1 fully saturated rings. The molecule has 0 spiro atoms. The first-order valence-electron chi connectivity index (χ1n) is 6.59. The van der Waals surface area contributed by atoms with Crippen molar-refractivity contribution in [2.24, 2.45) is 5.92 Å². The second-order valence-electron chi connectivity index (χ2n) is 4.87. The van der Waals surface area contributed by atoms with Crippen LogP contribution in [0.2, 0.25) is 0 Å². The normalized spacial score (nSPS) is 16.3. The summed E-state index contributed by atoms with van der Waals surface area (Å²) < 4.78 is 5.10. The predicted molar refractivity (Wildman–Crippen MR) is 76.7 cm³/mol. The van der Waals surface area contributed by atoms with Crippen LogP contribution in [0.15, 0.2) is 24.3 Å². The van der Waals surface area contributed by atoms with Crippen molar-refractivity contribution in [3.05, 3.63) is 24.3 Å². The molecular formula is C14H21N3O2. The molecule has 1 aromatic rings. The van der Waals surface area contributed by atoms with Crippen molar-refractivity contribution in [3.8, 4) is 0 Å². The summed E-state index contributed by atoms with van der Waals surface area (Å²) >= 11 is 0. The summed E-state index contributed by atoms with van der Waals surface area (Å²) in [7, 11) is 1.71. The number of carbonyl (C=O) groups excluding carboxylic acids is 1. The lowest BCUT2D eigenvalue weighted by atomic mass is 10.2. The van der Waals surface area contributed by atoms with Gasteiger partial charge >= 0.3 is 6.03 Å². The fourth-order valence-corrected chi connectivity index (χ4v) is 2.11. The van der Waals surface area contributed by atoms with E-state index in [1.165, 1.54) is 0 Å². The van der Waals surface area contributed by atoms with Crippen molar-refractivity contribution in [1.29, 1.82) is 0 Å². The summed E-state index contributed by atoms with van der Waals surface area (Å²) in [6.07, 6.45) is 0. The van der Waals surface area contributed by atoms with E-state index in [0.29, 0.717) is 12.5 Å². The molecule has 0 radical (unpaired) electrons. The zero-order valence-electron chi connectivity index (χ0n) is 11.5. The van der Waals surface area contributed by atoms with E-state index in [9.17, 15) is 4.79 Å². The Kier molecular flexibility index (Phi) is 4.63. The van der Waals surface area contributed by atoms with Crippen molar-refractivity contribution in [2.45, 2.75) is 6.92 Å². The van der Waals surface area contributed by atoms with Gasteiger partial charge < -0.3 is 15.4 Å². The number of hydrogen-bond acceptors (Lipinski definition) is 3. The fraction of sp³-hybridized carbons (Fsp3) is 0.500. The molecule has 2 rings (SSSR count). The summed E-state index contributed by atoms with van der Waals surface area (Å²) in [4.78, 5) is 13.3. The van der Waals surface area contributed by atoms with Gasteiger partial charge in [-0.2, -0.15) is 0 Å². The number of ether oxygens (including phenoxy) is 1. The van der Waals surface area contributed by atoms with Crippen LogP contribution in [-0.2, 0) is 4.74 Å². The number of amides is 2. The van der Waals surface area contributed by atoms with Crippen LogP contribution in [0.5, 0.6) is 0 Å². The van der Waals surface area contributed by atoms with Crippen LogP contribution in [0.1, 0.15) is 6.92 Å². The summed E-state index contributed by atoms with van der Waals surface area (Å²) in [5.74, 6) is 0.467. The molecule has 5 nitrogen and oxygen atoms in total. The van der Waals surface area contributed by atoms with Crippen molar-refractivity contribution in [3.63, 3.8) is 0 Å². The van der Waals surface area contributed by atoms with Crippen LogP contribution < -0.4 is 15.5 Å². The van der Waals surface area contributed by atoms with Crippen LogP contribution in [-0.4, -0.2) is 39.4 Å². The first kappa shape index (κ1) is 13.7. The molecule has 1 aromatic carbocycles. The molecule has 0 aromatic heterocycles. The Morgan fingerprint density at radius 2 is 2.16 bits per heavy atom. The molecule has 1 atom stereocenters. The van der Waals surface area contributed by atoms with E-state index in [-0.39, 0.29) is 6.03 Å². The summed E-state index contributed by atoms with van der Waals surface area (Å²) in [5.41, 5.74) is 2.00. The molecule has 0 bridgehead atoms. The van der Waals surface area contributed by atoms with Gasteiger partial charge in [0, 0.05) is 38.1 Å². The molecule has 1 heterocycles. The first-order chi connectivity index (χ1) is 9.20. The molecular weight excluding hydrogens is 242 g/mol. The number of benzene rings is 1. The molecule has 2 N–H and O–H groups in total. The van der Waals surface area contributed by atoms with E-state index in [4.69, 9.17) is 4.74 Å². The van der Waals surface area contributed by atoms with Gasteiger partial charge in [0.2, 0.25) is 0 Å². The molecule has 2 amide bonds. The van der Waals surface area contributed by atoms with E-state index < -0.39 is 0 Å². The van der Waals surface area contributed by atoms with Crippen molar-refractivity contribution in [2.75, 3.05) is 43.6 Å². The maximum atomic E-state index is 11.5. The van der Waals surface area contributed by atoms with Gasteiger partial charge in [-0.1, -0.05) is 6.92 Å². The number of nitrogens with one attached hydrogen (secondary N) is 2. The standard InChI is InChI=1S/C14H21N3O2/c1-11(10-19-2)9-16-12-3-5-13(6-4-12)17-8-7-15-14(17)18/h3-6,11,16H,7-10H2,1-2H3,(H,15,18). The lowest BCUT2D eigenvalue weighted by Gasteiger charge is -2.16. The molecule has 1 saturated heterocycles. The highest BCUT2D eigenvalue weighted by Crippen LogP contribution is 2.19. The minimum absolute atomic E-state index is 0.0191. The fourth-order valence-electron chi connectivity index (χ4n) is 2.11. The van der Waals surface area contributed by atoms with E-state index in [1.54, 1.807) is 12.0 Å². The topological polar surface area (TPSA) is 53.6 Å². The van der Waals surface area contributed by atoms with Gasteiger partial charge in [0.25, 0.3) is 0 Å². The average molecular weight is 263 g/mol. The van der Waals surface area contributed by atoms with E-state index in [2.05, 4.69) is 17.6 Å². The lowest BCUT2D eigenvalue weighted by Crippen LogP contribution is -2.27. The number of anilines is 2. The van der Waals surface area contributed by atoms with Crippen molar-refractivity contribution < 1.29 is 9.53 Å². The summed E-state index contributed by atoms with van der Waals surface area (Å²) in [6.45, 7) is 5.21. The Morgan fingerprint density at radius 3 is 2.74 bits per heavy atom. The van der Waals surface area contributed by atoms with Gasteiger partial charge in [0.1, 0.15) is 0 Å². The van der Waals surface area contributed by atoms with E-state index in [1.807, 2.05) is 24.3 Å². The maximum absolute atomic E-state index is 11.5. The van der Waals surface area contributed by atoms with Gasteiger partial charge in [-0.15, -0.1) is 0 Å². The van der Waals surface area contributed by atoms with Crippen molar-refractivity contribution in [1.82, 2.24) is 5.32 Å². The van der Waals surface area contributed by atoms with Gasteiger partial charge in [-0.25, -0.2) is 4.79 Å². The van der Waals surface area contributed by atoms with Crippen LogP contribution in [0.3, 0.4) is 0 Å². The zero-order valence-corrected chi connectivity index (χ0v) is 11.5. The minimum atomic E-state index is -0.0191. The second-order valence-corrected chi connectivity index (χ2v) is 4.87. The number of hydrogen-bond donors (Lipinski definition) is 2. The Balaban J connectivity index is 1.89. The highest BCUT2D eigenvalue weighted by molar-refractivity contribution is 5.94. The third kappa shape index (κ3) is 3.61. The number of carbonyl (C=O) groups is 1. The van der Waals surface area contributed by atoms with Crippen LogP contribution in [0, 0.1) is 5.92 Å². The SMILES string of the molecule is COCC(C)CNc1ccc(N2CCNC2=O)cc1. The van der Waals surface area contributed by atoms with Crippen LogP contribution >= 0.6 is 0 Å². The Bertz CT molecular complexity index is 419. The third-order valence-electron chi connectivity index (χ3n) is 3.14. The molecule has 104 valence electrons. The van der Waals surface area contributed by atoms with E-state index in [0.717, 1.165) is 31.1 Å². The number of nitrogens with zero attached hydrogens (tertiary/aromatic N) is 1. The Hall–Kier alpha value is -1.75. The highest BCUT2D eigenvalue weighted by Gasteiger charge is 2.20. The maximum Gasteiger partial charge on any atom is 0.321 e. The van der Waals surface area contributed by atoms with Gasteiger partial charge in [-0.05, 0) is 30.2 Å². The Morgan fingerprint density at radius 1 is 1.42 bits per heavy atom. The monoisotopic (exact) mass is 263 g/mol. The second kappa shape index (κ2) is 6.43. The van der Waals surface area contributed by atoms with Crippen molar-refractivity contribution >= 4 is 17.4 Å². The van der Waals surface area contributed by atoms with Gasteiger partial charge in [0.05, 0.1) is 6.61 Å². The molecule has 1 unspecified atom stereocenters. The zero-order chi connectivity index (χ0) is 13.7. The largest absolute Gasteiger partial charge is 0.385 e. The molecule has 1 aliphatic heterocycles. The molecule has 0 aliphatic carbocycles. The Labute approximate surface area is 113 Å². The molecule has 0 saturated carbocycles. The highest BCUT2D eigenvalue weighted by atomic mass is 16.5. The number of rotatable bonds is 6. The minimum Gasteiger partial charge on any atom is -0.385 e.